The van der Waals surface area contributed by atoms with Gasteiger partial charge >= 0.3 is 0 Å². The van der Waals surface area contributed by atoms with E-state index in [0.29, 0.717) is 13.0 Å². The highest BCUT2D eigenvalue weighted by atomic mass is 35.5. The molecule has 1 saturated heterocycles. The van der Waals surface area contributed by atoms with Crippen molar-refractivity contribution in [3.63, 3.8) is 0 Å². The summed E-state index contributed by atoms with van der Waals surface area (Å²) in [5.74, 6) is 0.0775. The van der Waals surface area contributed by atoms with Gasteiger partial charge in [-0.2, -0.15) is 5.10 Å². The number of alkyl halides is 1. The number of nitrogens with one attached hydrogen (secondary N) is 1. The molecule has 4 nitrogen and oxygen atoms in total. The van der Waals surface area contributed by atoms with Crippen molar-refractivity contribution in [2.45, 2.75) is 11.8 Å². The van der Waals surface area contributed by atoms with E-state index >= 15 is 0 Å². The number of nitrogens with zero attached hydrogens (tertiary/aromatic N) is 2. The van der Waals surface area contributed by atoms with Crippen LogP contribution in [0.15, 0.2) is 24.4 Å². The second kappa shape index (κ2) is 3.49. The minimum absolute atomic E-state index is 0.0775. The predicted molar refractivity (Wildman–Crippen MR) is 62.7 cm³/mol. The minimum Gasteiger partial charge on any atom is -0.310 e. The Balaban J connectivity index is 2.12. The molecule has 0 saturated carbocycles. The van der Waals surface area contributed by atoms with Gasteiger partial charge in [-0.05, 0) is 12.1 Å². The van der Waals surface area contributed by atoms with Crippen LogP contribution in [0.3, 0.4) is 0 Å². The number of aromatic nitrogens is 2. The van der Waals surface area contributed by atoms with Gasteiger partial charge in [-0.1, -0.05) is 6.07 Å². The summed E-state index contributed by atoms with van der Waals surface area (Å²) >= 11 is 5.99. The molecule has 0 radical (unpaired) electrons. The molecule has 1 aliphatic heterocycles. The molecule has 1 atom stereocenters. The van der Waals surface area contributed by atoms with Gasteiger partial charge in [0.25, 0.3) is 0 Å². The zero-order valence-corrected chi connectivity index (χ0v) is 9.24. The number of H-pyrrole nitrogens is 1. The van der Waals surface area contributed by atoms with Crippen molar-refractivity contribution >= 4 is 34.1 Å². The summed E-state index contributed by atoms with van der Waals surface area (Å²) in [6, 6.07) is 5.76. The SMILES string of the molecule is O=C1CC(Cl)CN1c1cccc2[nH]ncc12. The summed E-state index contributed by atoms with van der Waals surface area (Å²) in [6.45, 7) is 0.574. The van der Waals surface area contributed by atoms with E-state index in [9.17, 15) is 4.79 Å². The molecule has 1 aliphatic rings. The number of hydrogen-bond donors (Lipinski definition) is 1. The fraction of sp³-hybridized carbons (Fsp3) is 0.273. The first kappa shape index (κ1) is 9.66. The molecule has 1 fully saturated rings. The van der Waals surface area contributed by atoms with E-state index in [1.165, 1.54) is 0 Å². The van der Waals surface area contributed by atoms with Crippen LogP contribution in [-0.2, 0) is 4.79 Å². The smallest absolute Gasteiger partial charge is 0.228 e. The van der Waals surface area contributed by atoms with Crippen LogP contribution < -0.4 is 4.90 Å². The predicted octanol–water partition coefficient (Wildman–Crippen LogP) is 1.91. The fourth-order valence-electron chi connectivity index (χ4n) is 2.08. The highest BCUT2D eigenvalue weighted by Crippen LogP contribution is 2.30. The number of carbonyl (C=O) groups excluding carboxylic acids is 1. The van der Waals surface area contributed by atoms with Crippen LogP contribution in [0.2, 0.25) is 0 Å². The van der Waals surface area contributed by atoms with Crippen LogP contribution in [-0.4, -0.2) is 28.0 Å². The maximum absolute atomic E-state index is 11.8. The van der Waals surface area contributed by atoms with E-state index in [1.54, 1.807) is 11.1 Å². The van der Waals surface area contributed by atoms with Crippen molar-refractivity contribution in [3.8, 4) is 0 Å². The van der Waals surface area contributed by atoms with Crippen LogP contribution in [0.25, 0.3) is 10.9 Å². The molecule has 1 N–H and O–H groups in total. The summed E-state index contributed by atoms with van der Waals surface area (Å²) in [7, 11) is 0. The quantitative estimate of drug-likeness (QED) is 0.768. The summed E-state index contributed by atoms with van der Waals surface area (Å²) < 4.78 is 0. The summed E-state index contributed by atoms with van der Waals surface area (Å²) in [5.41, 5.74) is 1.82. The first-order valence-electron chi connectivity index (χ1n) is 5.12. The van der Waals surface area contributed by atoms with Gasteiger partial charge in [0.05, 0.1) is 22.8 Å². The molecule has 1 unspecified atom stereocenters. The maximum Gasteiger partial charge on any atom is 0.228 e. The lowest BCUT2D eigenvalue weighted by Gasteiger charge is -2.16. The van der Waals surface area contributed by atoms with Gasteiger partial charge in [-0.25, -0.2) is 0 Å². The van der Waals surface area contributed by atoms with Crippen LogP contribution in [0, 0.1) is 0 Å². The molecular weight excluding hydrogens is 226 g/mol. The Labute approximate surface area is 97.2 Å². The first-order chi connectivity index (χ1) is 7.75. The molecule has 0 spiro atoms. The molecule has 0 aliphatic carbocycles. The second-order valence-electron chi connectivity index (χ2n) is 3.91. The minimum atomic E-state index is -0.0883. The molecule has 1 aromatic heterocycles. The van der Waals surface area contributed by atoms with Crippen molar-refractivity contribution < 1.29 is 4.79 Å². The number of hydrogen-bond acceptors (Lipinski definition) is 2. The maximum atomic E-state index is 11.8. The van der Waals surface area contributed by atoms with Crippen LogP contribution >= 0.6 is 11.6 Å². The third kappa shape index (κ3) is 1.38. The van der Waals surface area contributed by atoms with E-state index in [-0.39, 0.29) is 11.3 Å². The Kier molecular flexibility index (Phi) is 2.11. The average Bonchev–Trinajstić information content (AvgIpc) is 2.84. The summed E-state index contributed by atoms with van der Waals surface area (Å²) in [4.78, 5) is 13.5. The van der Waals surface area contributed by atoms with Crippen molar-refractivity contribution in [3.05, 3.63) is 24.4 Å². The molecule has 82 valence electrons. The highest BCUT2D eigenvalue weighted by Gasteiger charge is 2.30. The highest BCUT2D eigenvalue weighted by molar-refractivity contribution is 6.24. The largest absolute Gasteiger partial charge is 0.310 e. The normalized spacial score (nSPS) is 20.9. The molecule has 2 aromatic rings. The third-order valence-electron chi connectivity index (χ3n) is 2.83. The lowest BCUT2D eigenvalue weighted by atomic mass is 10.2. The molecule has 0 bridgehead atoms. The Morgan fingerprint density at radius 2 is 2.38 bits per heavy atom. The van der Waals surface area contributed by atoms with Gasteiger partial charge in [0.1, 0.15) is 0 Å². The number of fused-ring (bicyclic) bond motifs is 1. The lowest BCUT2D eigenvalue weighted by Crippen LogP contribution is -2.24. The van der Waals surface area contributed by atoms with Gasteiger partial charge in [0.15, 0.2) is 0 Å². The average molecular weight is 236 g/mol. The standard InChI is InChI=1S/C11H10ClN3O/c12-7-4-11(16)15(6-7)10-3-1-2-9-8(10)5-13-14-9/h1-3,5,7H,4,6H2,(H,13,14). The van der Waals surface area contributed by atoms with E-state index in [1.807, 2.05) is 18.2 Å². The van der Waals surface area contributed by atoms with Crippen LogP contribution in [0.4, 0.5) is 5.69 Å². The van der Waals surface area contributed by atoms with Gasteiger partial charge in [-0.3, -0.25) is 9.89 Å². The zero-order chi connectivity index (χ0) is 11.1. The molecule has 16 heavy (non-hydrogen) atoms. The van der Waals surface area contributed by atoms with Crippen molar-refractivity contribution in [1.82, 2.24) is 10.2 Å². The number of halogens is 1. The molecule has 5 heteroatoms. The third-order valence-corrected chi connectivity index (χ3v) is 3.12. The number of anilines is 1. The molecule has 1 amide bonds. The lowest BCUT2D eigenvalue weighted by molar-refractivity contribution is -0.117. The van der Waals surface area contributed by atoms with Crippen molar-refractivity contribution in [1.29, 1.82) is 0 Å². The molecular formula is C11H10ClN3O. The van der Waals surface area contributed by atoms with Gasteiger partial charge in [0.2, 0.25) is 5.91 Å². The Bertz CT molecular complexity index is 551. The molecule has 2 heterocycles. The van der Waals surface area contributed by atoms with Crippen LogP contribution in [0.5, 0.6) is 0 Å². The molecule has 3 rings (SSSR count). The zero-order valence-electron chi connectivity index (χ0n) is 8.48. The summed E-state index contributed by atoms with van der Waals surface area (Å²) in [5, 5.41) is 7.74. The summed E-state index contributed by atoms with van der Waals surface area (Å²) in [6.07, 6.45) is 2.15. The van der Waals surface area contributed by atoms with Gasteiger partial charge in [-0.15, -0.1) is 11.6 Å². The van der Waals surface area contributed by atoms with E-state index < -0.39 is 0 Å². The topological polar surface area (TPSA) is 49.0 Å². The fourth-order valence-corrected chi connectivity index (χ4v) is 2.35. The number of amides is 1. The first-order valence-corrected chi connectivity index (χ1v) is 5.56. The number of benzene rings is 1. The van der Waals surface area contributed by atoms with E-state index in [4.69, 9.17) is 11.6 Å². The van der Waals surface area contributed by atoms with E-state index in [2.05, 4.69) is 10.2 Å². The van der Waals surface area contributed by atoms with E-state index in [0.717, 1.165) is 16.6 Å². The Morgan fingerprint density at radius 3 is 3.12 bits per heavy atom. The number of aromatic amines is 1. The Hall–Kier alpha value is -1.55. The number of rotatable bonds is 1. The van der Waals surface area contributed by atoms with Gasteiger partial charge < -0.3 is 4.90 Å². The second-order valence-corrected chi connectivity index (χ2v) is 4.53. The van der Waals surface area contributed by atoms with Crippen molar-refractivity contribution in [2.24, 2.45) is 0 Å². The molecule has 1 aromatic carbocycles. The Morgan fingerprint density at radius 1 is 1.50 bits per heavy atom. The van der Waals surface area contributed by atoms with Gasteiger partial charge in [0, 0.05) is 18.4 Å². The van der Waals surface area contributed by atoms with Crippen LogP contribution in [0.1, 0.15) is 6.42 Å². The van der Waals surface area contributed by atoms with Crippen molar-refractivity contribution in [2.75, 3.05) is 11.4 Å². The number of carbonyl (C=O) groups is 1. The monoisotopic (exact) mass is 235 g/mol.